The zero-order valence-corrected chi connectivity index (χ0v) is 22.0. The van der Waals surface area contributed by atoms with Crippen molar-refractivity contribution < 1.29 is 33.3 Å². The van der Waals surface area contributed by atoms with Crippen molar-refractivity contribution in [3.05, 3.63) is 81.9 Å². The molecule has 4 rings (SSSR count). The van der Waals surface area contributed by atoms with Crippen LogP contribution in [-0.4, -0.2) is 39.5 Å². The molecule has 0 N–H and O–H groups in total. The van der Waals surface area contributed by atoms with Gasteiger partial charge in [-0.05, 0) is 42.8 Å². The van der Waals surface area contributed by atoms with E-state index in [4.69, 9.17) is 35.3 Å². The van der Waals surface area contributed by atoms with Gasteiger partial charge in [-0.2, -0.15) is 0 Å². The maximum absolute atomic E-state index is 13.8. The number of hydrogen-bond acceptors (Lipinski definition) is 7. The van der Waals surface area contributed by atoms with E-state index in [1.54, 1.807) is 51.7 Å². The van der Waals surface area contributed by atoms with Gasteiger partial charge in [0.1, 0.15) is 23.4 Å². The summed E-state index contributed by atoms with van der Waals surface area (Å²) in [6.45, 7) is 3.25. The average Bonchev–Trinajstić information content (AvgIpc) is 2.98. The number of rotatable bonds is 7. The van der Waals surface area contributed by atoms with Gasteiger partial charge in [-0.15, -0.1) is 0 Å². The van der Waals surface area contributed by atoms with Crippen molar-refractivity contribution in [3.8, 4) is 17.2 Å². The lowest BCUT2D eigenvalue weighted by Crippen LogP contribution is -2.41. The summed E-state index contributed by atoms with van der Waals surface area (Å²) < 4.78 is 28.2. The third kappa shape index (κ3) is 5.35. The molecule has 0 aliphatic carbocycles. The Kier molecular flexibility index (Phi) is 7.90. The van der Waals surface area contributed by atoms with E-state index in [-0.39, 0.29) is 6.54 Å². The molecule has 1 aliphatic rings. The zero-order chi connectivity index (χ0) is 26.7. The Morgan fingerprint density at radius 3 is 2.46 bits per heavy atom. The highest BCUT2D eigenvalue weighted by molar-refractivity contribution is 6.30. The van der Waals surface area contributed by atoms with Crippen molar-refractivity contribution in [2.75, 3.05) is 26.2 Å². The van der Waals surface area contributed by atoms with Gasteiger partial charge in [0.2, 0.25) is 0 Å². The summed E-state index contributed by atoms with van der Waals surface area (Å²) in [6.07, 6.45) is -2.33. The molecule has 0 saturated carbocycles. The van der Waals surface area contributed by atoms with Crippen molar-refractivity contribution >= 4 is 29.2 Å². The Labute approximate surface area is 220 Å². The smallest absolute Gasteiger partial charge is 0.305 e. The lowest BCUT2D eigenvalue weighted by atomic mass is 9.96. The topological polar surface area (TPSA) is 83.5 Å². The third-order valence-electron chi connectivity index (χ3n) is 6.11. The standard InChI is InChI=1S/C28H28ClNO7/c1-16-7-6-8-21(25(16)35-5)26-22-13-19(29)10-12-23(22)30(27(32)28(37-26)36-17(2)31)15-18-9-11-20(33-3)14-24(18)34-4/h6-14,26,28H,15H2,1-5H3. The number of benzene rings is 3. The number of fused-ring (bicyclic) bond motifs is 1. The molecular weight excluding hydrogens is 498 g/mol. The summed E-state index contributed by atoms with van der Waals surface area (Å²) in [6, 6.07) is 16.1. The fourth-order valence-electron chi connectivity index (χ4n) is 4.43. The highest BCUT2D eigenvalue weighted by atomic mass is 35.5. The molecule has 0 bridgehead atoms. The molecule has 1 heterocycles. The van der Waals surface area contributed by atoms with E-state index in [2.05, 4.69) is 0 Å². The monoisotopic (exact) mass is 525 g/mol. The molecule has 0 aromatic heterocycles. The molecule has 194 valence electrons. The van der Waals surface area contributed by atoms with Crippen molar-refractivity contribution in [3.63, 3.8) is 0 Å². The highest BCUT2D eigenvalue weighted by Gasteiger charge is 2.40. The first-order valence-electron chi connectivity index (χ1n) is 11.5. The summed E-state index contributed by atoms with van der Waals surface area (Å²) in [7, 11) is 4.67. The van der Waals surface area contributed by atoms with Crippen LogP contribution in [0.1, 0.15) is 35.3 Å². The molecule has 9 heteroatoms. The maximum atomic E-state index is 13.8. The molecule has 1 aliphatic heterocycles. The second kappa shape index (κ2) is 11.1. The quantitative estimate of drug-likeness (QED) is 0.391. The molecule has 3 aromatic carbocycles. The lowest BCUT2D eigenvalue weighted by Gasteiger charge is -2.25. The van der Waals surface area contributed by atoms with Crippen LogP contribution in [0.2, 0.25) is 5.02 Å². The van der Waals surface area contributed by atoms with Crippen LogP contribution in [0.3, 0.4) is 0 Å². The SMILES string of the molecule is COc1ccc(CN2C(=O)C(OC(C)=O)OC(c3cccc(C)c3OC)c3cc(Cl)ccc32)c(OC)c1. The molecule has 1 amide bonds. The number of ether oxygens (including phenoxy) is 5. The van der Waals surface area contributed by atoms with E-state index >= 15 is 0 Å². The number of para-hydroxylation sites is 1. The Morgan fingerprint density at radius 2 is 1.78 bits per heavy atom. The van der Waals surface area contributed by atoms with Crippen LogP contribution >= 0.6 is 11.6 Å². The van der Waals surface area contributed by atoms with Crippen LogP contribution in [0.5, 0.6) is 17.2 Å². The normalized spacial score (nSPS) is 17.0. The number of anilines is 1. The number of methoxy groups -OCH3 is 3. The number of hydrogen-bond donors (Lipinski definition) is 0. The molecule has 37 heavy (non-hydrogen) atoms. The number of nitrogens with zero attached hydrogens (tertiary/aromatic N) is 1. The van der Waals surface area contributed by atoms with E-state index < -0.39 is 24.3 Å². The van der Waals surface area contributed by atoms with Gasteiger partial charge in [0, 0.05) is 34.7 Å². The number of esters is 1. The fraction of sp³-hybridized carbons (Fsp3) is 0.286. The molecule has 0 saturated heterocycles. The molecule has 0 radical (unpaired) electrons. The van der Waals surface area contributed by atoms with E-state index in [0.29, 0.717) is 44.6 Å². The van der Waals surface area contributed by atoms with Gasteiger partial charge in [-0.1, -0.05) is 29.8 Å². The summed E-state index contributed by atoms with van der Waals surface area (Å²) in [5.74, 6) is 0.541. The van der Waals surface area contributed by atoms with Gasteiger partial charge in [-0.25, -0.2) is 0 Å². The van der Waals surface area contributed by atoms with Gasteiger partial charge >= 0.3 is 5.97 Å². The molecule has 2 unspecified atom stereocenters. The molecule has 0 spiro atoms. The summed E-state index contributed by atoms with van der Waals surface area (Å²) >= 11 is 6.42. The van der Waals surface area contributed by atoms with Gasteiger partial charge in [0.05, 0.1) is 33.6 Å². The van der Waals surface area contributed by atoms with Crippen molar-refractivity contribution in [1.29, 1.82) is 0 Å². The van der Waals surface area contributed by atoms with Crippen LogP contribution in [-0.2, 0) is 25.6 Å². The minimum Gasteiger partial charge on any atom is -0.497 e. The first-order valence-corrected chi connectivity index (χ1v) is 11.9. The molecule has 3 aromatic rings. The highest BCUT2D eigenvalue weighted by Crippen LogP contribution is 2.44. The van der Waals surface area contributed by atoms with E-state index in [1.165, 1.54) is 11.8 Å². The first kappa shape index (κ1) is 26.3. The van der Waals surface area contributed by atoms with Gasteiger partial charge in [0.25, 0.3) is 12.2 Å². The Bertz CT molecular complexity index is 1330. The van der Waals surface area contributed by atoms with Crippen molar-refractivity contribution in [2.45, 2.75) is 32.8 Å². The minimum absolute atomic E-state index is 0.111. The number of amides is 1. The van der Waals surface area contributed by atoms with Crippen LogP contribution in [0, 0.1) is 6.92 Å². The fourth-order valence-corrected chi connectivity index (χ4v) is 4.61. The summed E-state index contributed by atoms with van der Waals surface area (Å²) in [5, 5.41) is 0.458. The first-order chi connectivity index (χ1) is 17.8. The second-order valence-electron chi connectivity index (χ2n) is 8.46. The zero-order valence-electron chi connectivity index (χ0n) is 21.2. The van der Waals surface area contributed by atoms with Crippen LogP contribution in [0.25, 0.3) is 0 Å². The van der Waals surface area contributed by atoms with Gasteiger partial charge in [0.15, 0.2) is 0 Å². The summed E-state index contributed by atoms with van der Waals surface area (Å²) in [4.78, 5) is 27.4. The minimum atomic E-state index is -1.51. The van der Waals surface area contributed by atoms with E-state index in [1.807, 2.05) is 31.2 Å². The molecule has 0 fully saturated rings. The predicted molar refractivity (Wildman–Crippen MR) is 138 cm³/mol. The number of carbonyl (C=O) groups excluding carboxylic acids is 2. The van der Waals surface area contributed by atoms with Gasteiger partial charge in [-0.3, -0.25) is 9.59 Å². The third-order valence-corrected chi connectivity index (χ3v) is 6.35. The molecule has 8 nitrogen and oxygen atoms in total. The van der Waals surface area contributed by atoms with Crippen LogP contribution in [0.15, 0.2) is 54.6 Å². The molecular formula is C28H28ClNO7. The number of carbonyl (C=O) groups is 2. The van der Waals surface area contributed by atoms with Crippen molar-refractivity contribution in [1.82, 2.24) is 0 Å². The van der Waals surface area contributed by atoms with Crippen LogP contribution in [0.4, 0.5) is 5.69 Å². The number of halogens is 1. The predicted octanol–water partition coefficient (Wildman–Crippen LogP) is 5.22. The van der Waals surface area contributed by atoms with E-state index in [0.717, 1.165) is 5.56 Å². The lowest BCUT2D eigenvalue weighted by molar-refractivity contribution is -0.188. The second-order valence-corrected chi connectivity index (χ2v) is 8.90. The van der Waals surface area contributed by atoms with E-state index in [9.17, 15) is 9.59 Å². The van der Waals surface area contributed by atoms with Gasteiger partial charge < -0.3 is 28.6 Å². The summed E-state index contributed by atoms with van der Waals surface area (Å²) in [5.41, 5.74) is 3.43. The largest absolute Gasteiger partial charge is 0.497 e. The van der Waals surface area contributed by atoms with Crippen molar-refractivity contribution in [2.24, 2.45) is 0 Å². The Balaban J connectivity index is 1.91. The molecule has 2 atom stereocenters. The maximum Gasteiger partial charge on any atom is 0.305 e. The number of aryl methyl sites for hydroxylation is 1. The Hall–Kier alpha value is -3.75. The Morgan fingerprint density at radius 1 is 1.00 bits per heavy atom. The van der Waals surface area contributed by atoms with Crippen LogP contribution < -0.4 is 19.1 Å². The average molecular weight is 526 g/mol.